The standard InChI is InChI=1S/C14H10IN3O3/c1-2-14(12(20)16-13(21)17-14)7-18-6-8-3-4-9(15)5-10(8)11(18)19/h1,3-5H,6-7H2,(H2,16,17,20,21)/t14-/m1/s1. The van der Waals surface area contributed by atoms with Crippen molar-refractivity contribution in [2.24, 2.45) is 0 Å². The average molecular weight is 395 g/mol. The minimum Gasteiger partial charge on any atom is -0.330 e. The van der Waals surface area contributed by atoms with E-state index < -0.39 is 17.5 Å². The lowest BCUT2D eigenvalue weighted by Crippen LogP contribution is -2.54. The Labute approximate surface area is 134 Å². The number of benzene rings is 1. The second kappa shape index (κ2) is 4.73. The van der Waals surface area contributed by atoms with Crippen LogP contribution in [0.25, 0.3) is 0 Å². The van der Waals surface area contributed by atoms with Crippen LogP contribution in [0.3, 0.4) is 0 Å². The van der Waals surface area contributed by atoms with Gasteiger partial charge in [-0.1, -0.05) is 12.0 Å². The molecule has 1 aromatic carbocycles. The van der Waals surface area contributed by atoms with E-state index in [9.17, 15) is 14.4 Å². The number of hydrogen-bond donors (Lipinski definition) is 2. The third kappa shape index (κ3) is 2.15. The number of amides is 4. The smallest absolute Gasteiger partial charge is 0.323 e. The number of terminal acetylenes is 1. The summed E-state index contributed by atoms with van der Waals surface area (Å²) in [5, 5.41) is 4.53. The third-order valence-electron chi connectivity index (χ3n) is 3.57. The molecule has 0 saturated carbocycles. The largest absolute Gasteiger partial charge is 0.330 e. The Kier molecular flexibility index (Phi) is 3.13. The van der Waals surface area contributed by atoms with Crippen molar-refractivity contribution in [2.45, 2.75) is 12.1 Å². The highest BCUT2D eigenvalue weighted by molar-refractivity contribution is 14.1. The predicted molar refractivity (Wildman–Crippen MR) is 82.1 cm³/mol. The van der Waals surface area contributed by atoms with E-state index in [0.29, 0.717) is 12.1 Å². The molecule has 0 aromatic heterocycles. The van der Waals surface area contributed by atoms with Crippen LogP contribution >= 0.6 is 22.6 Å². The van der Waals surface area contributed by atoms with Gasteiger partial charge in [-0.2, -0.15) is 0 Å². The van der Waals surface area contributed by atoms with Gasteiger partial charge in [0, 0.05) is 15.7 Å². The summed E-state index contributed by atoms with van der Waals surface area (Å²) in [6, 6.07) is 4.95. The summed E-state index contributed by atoms with van der Waals surface area (Å²) in [5.41, 5.74) is -0.00167. The van der Waals surface area contributed by atoms with Crippen LogP contribution in [0, 0.1) is 15.9 Å². The molecule has 1 fully saturated rings. The zero-order chi connectivity index (χ0) is 15.2. The molecule has 3 rings (SSSR count). The molecule has 1 atom stereocenters. The summed E-state index contributed by atoms with van der Waals surface area (Å²) in [6.45, 7) is 0.322. The van der Waals surface area contributed by atoms with Crippen molar-refractivity contribution in [3.8, 4) is 12.3 Å². The topological polar surface area (TPSA) is 78.5 Å². The fourth-order valence-electron chi connectivity index (χ4n) is 2.50. The summed E-state index contributed by atoms with van der Waals surface area (Å²) in [6.07, 6.45) is 5.41. The van der Waals surface area contributed by atoms with Crippen LogP contribution < -0.4 is 10.6 Å². The second-order valence-corrected chi connectivity index (χ2v) is 6.17. The quantitative estimate of drug-likeness (QED) is 0.434. The number of urea groups is 1. The highest BCUT2D eigenvalue weighted by Crippen LogP contribution is 2.26. The molecular weight excluding hydrogens is 385 g/mol. The van der Waals surface area contributed by atoms with Gasteiger partial charge < -0.3 is 10.2 Å². The van der Waals surface area contributed by atoms with E-state index in [0.717, 1.165) is 9.13 Å². The zero-order valence-corrected chi connectivity index (χ0v) is 12.9. The number of nitrogens with zero attached hydrogens (tertiary/aromatic N) is 1. The molecule has 1 saturated heterocycles. The molecular formula is C14H10IN3O3. The fraction of sp³-hybridized carbons (Fsp3) is 0.214. The molecule has 4 amide bonds. The minimum absolute atomic E-state index is 0.0504. The van der Waals surface area contributed by atoms with Gasteiger partial charge in [0.25, 0.3) is 11.8 Å². The van der Waals surface area contributed by atoms with E-state index in [4.69, 9.17) is 6.42 Å². The van der Waals surface area contributed by atoms with Gasteiger partial charge in [0.05, 0.1) is 6.54 Å². The van der Waals surface area contributed by atoms with Crippen molar-refractivity contribution < 1.29 is 14.4 Å². The molecule has 2 heterocycles. The molecule has 2 N–H and O–H groups in total. The lowest BCUT2D eigenvalue weighted by molar-refractivity contribution is -0.122. The number of carbonyl (C=O) groups excluding carboxylic acids is 3. The van der Waals surface area contributed by atoms with E-state index in [1.54, 1.807) is 6.07 Å². The maximum absolute atomic E-state index is 12.4. The van der Waals surface area contributed by atoms with E-state index in [-0.39, 0.29) is 12.5 Å². The molecule has 106 valence electrons. The highest BCUT2D eigenvalue weighted by Gasteiger charge is 2.48. The van der Waals surface area contributed by atoms with Gasteiger partial charge >= 0.3 is 6.03 Å². The molecule has 0 aliphatic carbocycles. The lowest BCUT2D eigenvalue weighted by Gasteiger charge is -2.26. The lowest BCUT2D eigenvalue weighted by atomic mass is 10.0. The summed E-state index contributed by atoms with van der Waals surface area (Å²) in [4.78, 5) is 37.1. The minimum atomic E-state index is -1.50. The molecule has 6 nitrogen and oxygen atoms in total. The normalized spacial score (nSPS) is 23.6. The summed E-state index contributed by atoms with van der Waals surface area (Å²) < 4.78 is 0.958. The molecule has 1 aromatic rings. The number of carbonyl (C=O) groups is 3. The monoisotopic (exact) mass is 395 g/mol. The Morgan fingerprint density at radius 2 is 2.14 bits per heavy atom. The summed E-state index contributed by atoms with van der Waals surface area (Å²) >= 11 is 2.13. The molecule has 0 unspecified atom stereocenters. The molecule has 0 bridgehead atoms. The van der Waals surface area contributed by atoms with Crippen LogP contribution in [0.4, 0.5) is 4.79 Å². The Morgan fingerprint density at radius 1 is 1.38 bits per heavy atom. The van der Waals surface area contributed by atoms with E-state index in [1.807, 2.05) is 12.1 Å². The number of imide groups is 1. The van der Waals surface area contributed by atoms with Gasteiger partial charge in [0.15, 0.2) is 5.54 Å². The number of rotatable bonds is 2. The van der Waals surface area contributed by atoms with Gasteiger partial charge in [-0.25, -0.2) is 4.79 Å². The Morgan fingerprint density at radius 3 is 2.76 bits per heavy atom. The fourth-order valence-corrected chi connectivity index (χ4v) is 2.99. The molecule has 0 radical (unpaired) electrons. The van der Waals surface area contributed by atoms with Crippen molar-refractivity contribution in [1.29, 1.82) is 0 Å². The molecule has 2 aliphatic rings. The van der Waals surface area contributed by atoms with Gasteiger partial charge in [-0.15, -0.1) is 6.42 Å². The number of hydrogen-bond acceptors (Lipinski definition) is 3. The van der Waals surface area contributed by atoms with Crippen LogP contribution in [0.5, 0.6) is 0 Å². The first kappa shape index (κ1) is 13.9. The molecule has 7 heteroatoms. The number of halogens is 1. The molecule has 21 heavy (non-hydrogen) atoms. The van der Waals surface area contributed by atoms with E-state index in [1.165, 1.54) is 4.90 Å². The zero-order valence-electron chi connectivity index (χ0n) is 10.8. The maximum atomic E-state index is 12.4. The van der Waals surface area contributed by atoms with Crippen molar-refractivity contribution in [1.82, 2.24) is 15.5 Å². The average Bonchev–Trinajstić information content (AvgIpc) is 2.89. The SMILES string of the molecule is C#C[C@]1(CN2Cc3ccc(I)cc3C2=O)NC(=O)NC1=O. The van der Waals surface area contributed by atoms with Crippen LogP contribution in [0.2, 0.25) is 0 Å². The van der Waals surface area contributed by atoms with Crippen LogP contribution in [-0.2, 0) is 11.3 Å². The number of fused-ring (bicyclic) bond motifs is 1. The van der Waals surface area contributed by atoms with Gasteiger partial charge in [-0.3, -0.25) is 14.9 Å². The third-order valence-corrected chi connectivity index (χ3v) is 4.24. The van der Waals surface area contributed by atoms with Crippen molar-refractivity contribution in [3.05, 3.63) is 32.9 Å². The van der Waals surface area contributed by atoms with Crippen LogP contribution in [0.1, 0.15) is 15.9 Å². The Balaban J connectivity index is 1.88. The Bertz CT molecular complexity index is 725. The first-order valence-corrected chi connectivity index (χ1v) is 7.22. The van der Waals surface area contributed by atoms with Gasteiger partial charge in [0.2, 0.25) is 0 Å². The highest BCUT2D eigenvalue weighted by atomic mass is 127. The van der Waals surface area contributed by atoms with Crippen molar-refractivity contribution >= 4 is 40.4 Å². The Hall–Kier alpha value is -2.08. The van der Waals surface area contributed by atoms with E-state index >= 15 is 0 Å². The van der Waals surface area contributed by atoms with Gasteiger partial charge in [-0.05, 0) is 40.3 Å². The molecule has 2 aliphatic heterocycles. The number of nitrogens with one attached hydrogen (secondary N) is 2. The second-order valence-electron chi connectivity index (χ2n) is 4.92. The van der Waals surface area contributed by atoms with Crippen LogP contribution in [-0.4, -0.2) is 34.8 Å². The van der Waals surface area contributed by atoms with Crippen LogP contribution in [0.15, 0.2) is 18.2 Å². The maximum Gasteiger partial charge on any atom is 0.323 e. The van der Waals surface area contributed by atoms with Gasteiger partial charge in [0.1, 0.15) is 0 Å². The predicted octanol–water partition coefficient (Wildman–Crippen LogP) is 0.458. The summed E-state index contributed by atoms with van der Waals surface area (Å²) in [5.74, 6) is 1.51. The first-order valence-electron chi connectivity index (χ1n) is 6.14. The molecule has 0 spiro atoms. The van der Waals surface area contributed by atoms with Crippen molar-refractivity contribution in [2.75, 3.05) is 6.54 Å². The first-order chi connectivity index (χ1) is 9.95. The summed E-state index contributed by atoms with van der Waals surface area (Å²) in [7, 11) is 0. The van der Waals surface area contributed by atoms with E-state index in [2.05, 4.69) is 39.1 Å². The van der Waals surface area contributed by atoms with Crippen molar-refractivity contribution in [3.63, 3.8) is 0 Å².